The fraction of sp³-hybridized carbons (Fsp3) is 0.364. The van der Waals surface area contributed by atoms with Crippen LogP contribution in [-0.2, 0) is 11.2 Å². The number of carbonyl (C=O) groups excluding carboxylic acids is 1. The summed E-state index contributed by atoms with van der Waals surface area (Å²) in [6.45, 7) is 0.452. The van der Waals surface area contributed by atoms with Gasteiger partial charge in [-0.3, -0.25) is 9.59 Å². The highest BCUT2D eigenvalue weighted by Gasteiger charge is 2.20. The van der Waals surface area contributed by atoms with Gasteiger partial charge in [0.2, 0.25) is 0 Å². The number of hydrogen-bond donors (Lipinski definition) is 3. The first kappa shape index (κ1) is 13.6. The predicted molar refractivity (Wildman–Crippen MR) is 72.6 cm³/mol. The Bertz CT molecular complexity index is 676. The van der Waals surface area contributed by atoms with Crippen LogP contribution in [-0.4, -0.2) is 40.8 Å². The maximum Gasteiger partial charge on any atom is 0.261 e. The molecule has 0 saturated carbocycles. The van der Waals surface area contributed by atoms with E-state index in [1.54, 1.807) is 13.4 Å². The number of nitrogens with one attached hydrogen (secondary N) is 2. The Kier molecular flexibility index (Phi) is 3.91. The Morgan fingerprint density at radius 2 is 2.21 bits per heavy atom. The summed E-state index contributed by atoms with van der Waals surface area (Å²) in [5.41, 5.74) is 5.50. The lowest BCUT2D eigenvalue weighted by molar-refractivity contribution is 0.0999. The van der Waals surface area contributed by atoms with Crippen molar-refractivity contribution in [2.24, 2.45) is 5.73 Å². The normalized spacial score (nSPS) is 11.1. The number of nitrogens with two attached hydrogens (primary N) is 1. The van der Waals surface area contributed by atoms with Crippen LogP contribution in [0.3, 0.4) is 0 Å². The van der Waals surface area contributed by atoms with Crippen LogP contribution < -0.4 is 11.3 Å². The molecule has 0 unspecified atom stereocenters. The third-order valence-electron chi connectivity index (χ3n) is 2.67. The molecule has 0 spiro atoms. The van der Waals surface area contributed by atoms with Crippen LogP contribution in [0.15, 0.2) is 9.82 Å². The molecule has 102 valence electrons. The Hall–Kier alpha value is -1.80. The summed E-state index contributed by atoms with van der Waals surface area (Å²) in [4.78, 5) is 33.3. The Morgan fingerprint density at radius 3 is 2.79 bits per heavy atom. The molecule has 4 N–H and O–H groups in total. The van der Waals surface area contributed by atoms with Gasteiger partial charge in [-0.25, -0.2) is 4.98 Å². The molecule has 0 radical (unpaired) electrons. The summed E-state index contributed by atoms with van der Waals surface area (Å²) >= 11 is 1.31. The number of methoxy groups -OCH3 is 1. The van der Waals surface area contributed by atoms with E-state index in [4.69, 9.17) is 10.5 Å². The largest absolute Gasteiger partial charge is 0.384 e. The smallest absolute Gasteiger partial charge is 0.261 e. The topological polar surface area (TPSA) is 114 Å². The minimum Gasteiger partial charge on any atom is -0.384 e. The molecule has 0 atom stereocenters. The van der Waals surface area contributed by atoms with Crippen LogP contribution in [0.25, 0.3) is 11.0 Å². The van der Waals surface area contributed by atoms with Crippen molar-refractivity contribution >= 4 is 28.7 Å². The van der Waals surface area contributed by atoms with Crippen molar-refractivity contribution in [3.63, 3.8) is 0 Å². The van der Waals surface area contributed by atoms with Crippen molar-refractivity contribution in [2.75, 3.05) is 20.0 Å². The van der Waals surface area contributed by atoms with E-state index >= 15 is 0 Å². The molecule has 8 heteroatoms. The quantitative estimate of drug-likeness (QED) is 0.681. The third kappa shape index (κ3) is 2.49. The number of aromatic nitrogens is 3. The van der Waals surface area contributed by atoms with E-state index in [0.717, 1.165) is 0 Å². The lowest BCUT2D eigenvalue weighted by atomic mass is 10.2. The van der Waals surface area contributed by atoms with Gasteiger partial charge in [-0.2, -0.15) is 0 Å². The van der Waals surface area contributed by atoms with Gasteiger partial charge in [0.25, 0.3) is 11.5 Å². The number of carbonyl (C=O) groups is 1. The zero-order chi connectivity index (χ0) is 14.0. The molecule has 19 heavy (non-hydrogen) atoms. The molecule has 0 bridgehead atoms. The first-order chi connectivity index (χ1) is 9.08. The van der Waals surface area contributed by atoms with Gasteiger partial charge in [0, 0.05) is 13.5 Å². The zero-order valence-corrected chi connectivity index (χ0v) is 11.4. The number of ether oxygens (including phenoxy) is 1. The molecule has 0 saturated heterocycles. The van der Waals surface area contributed by atoms with E-state index in [2.05, 4.69) is 15.0 Å². The second-order valence-electron chi connectivity index (χ2n) is 3.88. The van der Waals surface area contributed by atoms with Crippen LogP contribution in [0.1, 0.15) is 16.2 Å². The molecule has 0 aliphatic rings. The SMILES string of the molecule is COCCc1nc2[nH]c(SC)c(C(N)=O)c2c(=O)[nH]1. The van der Waals surface area contributed by atoms with Crippen LogP contribution in [0, 0.1) is 0 Å². The molecule has 0 aromatic carbocycles. The summed E-state index contributed by atoms with van der Waals surface area (Å²) in [5.74, 6) is -0.142. The second-order valence-corrected chi connectivity index (χ2v) is 4.69. The molecule has 0 aliphatic heterocycles. The number of rotatable bonds is 5. The molecular weight excluding hydrogens is 268 g/mol. The Labute approximate surface area is 112 Å². The summed E-state index contributed by atoms with van der Waals surface area (Å²) in [5, 5.41) is 0.752. The van der Waals surface area contributed by atoms with Gasteiger partial charge in [0.15, 0.2) is 0 Å². The highest BCUT2D eigenvalue weighted by atomic mass is 32.2. The average Bonchev–Trinajstić information content (AvgIpc) is 2.75. The number of fused-ring (bicyclic) bond motifs is 1. The number of H-pyrrole nitrogens is 2. The average molecular weight is 282 g/mol. The van der Waals surface area contributed by atoms with Crippen molar-refractivity contribution < 1.29 is 9.53 Å². The van der Waals surface area contributed by atoms with Gasteiger partial charge < -0.3 is 20.4 Å². The number of hydrogen-bond acceptors (Lipinski definition) is 5. The van der Waals surface area contributed by atoms with Gasteiger partial charge in [0.1, 0.15) is 11.5 Å². The molecule has 0 aliphatic carbocycles. The molecular formula is C11H14N4O3S. The first-order valence-corrected chi connectivity index (χ1v) is 6.78. The predicted octanol–water partition coefficient (Wildman–Crippen LogP) is 0.261. The molecule has 2 aromatic rings. The van der Waals surface area contributed by atoms with Gasteiger partial charge in [-0.1, -0.05) is 0 Å². The fourth-order valence-electron chi connectivity index (χ4n) is 1.83. The monoisotopic (exact) mass is 282 g/mol. The number of thioether (sulfide) groups is 1. The van der Waals surface area contributed by atoms with Crippen molar-refractivity contribution in [3.05, 3.63) is 21.7 Å². The molecule has 2 aromatic heterocycles. The minimum atomic E-state index is -0.646. The van der Waals surface area contributed by atoms with E-state index in [1.807, 2.05) is 0 Å². The molecule has 2 rings (SSSR count). The molecule has 0 fully saturated rings. The van der Waals surface area contributed by atoms with E-state index < -0.39 is 5.91 Å². The van der Waals surface area contributed by atoms with E-state index in [1.165, 1.54) is 11.8 Å². The Balaban J connectivity index is 2.64. The molecule has 2 heterocycles. The van der Waals surface area contributed by atoms with E-state index in [-0.39, 0.29) is 16.5 Å². The lowest BCUT2D eigenvalue weighted by Gasteiger charge is -2.00. The van der Waals surface area contributed by atoms with Gasteiger partial charge in [-0.05, 0) is 6.26 Å². The van der Waals surface area contributed by atoms with Crippen molar-refractivity contribution in [3.8, 4) is 0 Å². The Morgan fingerprint density at radius 1 is 1.47 bits per heavy atom. The summed E-state index contributed by atoms with van der Waals surface area (Å²) in [7, 11) is 1.57. The van der Waals surface area contributed by atoms with Crippen LogP contribution >= 0.6 is 11.8 Å². The third-order valence-corrected chi connectivity index (χ3v) is 3.39. The van der Waals surface area contributed by atoms with Crippen LogP contribution in [0.4, 0.5) is 0 Å². The first-order valence-electron chi connectivity index (χ1n) is 5.56. The number of amides is 1. The lowest BCUT2D eigenvalue weighted by Crippen LogP contribution is -2.18. The molecule has 1 amide bonds. The second kappa shape index (κ2) is 5.45. The van der Waals surface area contributed by atoms with Crippen molar-refractivity contribution in [1.82, 2.24) is 15.0 Å². The fourth-order valence-corrected chi connectivity index (χ4v) is 2.44. The van der Waals surface area contributed by atoms with Crippen LogP contribution in [0.2, 0.25) is 0 Å². The highest BCUT2D eigenvalue weighted by molar-refractivity contribution is 7.98. The standard InChI is InChI=1S/C11H14N4O3S/c1-18-4-3-5-13-9-7(10(17)14-5)6(8(12)16)11(15-9)19-2/h3-4H2,1-2H3,(H2,12,16)(H2,13,14,15,17). The van der Waals surface area contributed by atoms with Crippen molar-refractivity contribution in [1.29, 1.82) is 0 Å². The van der Waals surface area contributed by atoms with Gasteiger partial charge >= 0.3 is 0 Å². The minimum absolute atomic E-state index is 0.189. The zero-order valence-electron chi connectivity index (χ0n) is 10.6. The summed E-state index contributed by atoms with van der Waals surface area (Å²) in [6.07, 6.45) is 2.28. The van der Waals surface area contributed by atoms with Gasteiger partial charge in [0.05, 0.1) is 22.6 Å². The van der Waals surface area contributed by atoms with Gasteiger partial charge in [-0.15, -0.1) is 11.8 Å². The maximum absolute atomic E-state index is 12.0. The highest BCUT2D eigenvalue weighted by Crippen LogP contribution is 2.24. The van der Waals surface area contributed by atoms with E-state index in [0.29, 0.717) is 29.5 Å². The summed E-state index contributed by atoms with van der Waals surface area (Å²) < 4.78 is 4.94. The number of nitrogens with zero attached hydrogens (tertiary/aromatic N) is 1. The maximum atomic E-state index is 12.0. The summed E-state index contributed by atoms with van der Waals surface area (Å²) in [6, 6.07) is 0. The van der Waals surface area contributed by atoms with Crippen molar-refractivity contribution in [2.45, 2.75) is 11.4 Å². The molecule has 7 nitrogen and oxygen atoms in total. The number of aromatic amines is 2. The van der Waals surface area contributed by atoms with E-state index in [9.17, 15) is 9.59 Å². The number of primary amides is 1. The van der Waals surface area contributed by atoms with Crippen LogP contribution in [0.5, 0.6) is 0 Å².